The predicted molar refractivity (Wildman–Crippen MR) is 119 cm³/mol. The second-order valence-corrected chi connectivity index (χ2v) is 9.06. The minimum absolute atomic E-state index is 0.199. The van der Waals surface area contributed by atoms with Gasteiger partial charge in [0.1, 0.15) is 12.4 Å². The molecule has 1 aromatic carbocycles. The molecule has 0 atom stereocenters. The molecule has 4 rings (SSSR count). The predicted octanol–water partition coefficient (Wildman–Crippen LogP) is 2.21. The zero-order chi connectivity index (χ0) is 20.8. The fourth-order valence-corrected chi connectivity index (χ4v) is 4.88. The number of nitrogens with zero attached hydrogens (tertiary/aromatic N) is 3. The minimum Gasteiger partial charge on any atom is -0.491 e. The van der Waals surface area contributed by atoms with Crippen LogP contribution in [0.4, 0.5) is 0 Å². The summed E-state index contributed by atoms with van der Waals surface area (Å²) in [4.78, 5) is 20.7. The van der Waals surface area contributed by atoms with Crippen LogP contribution in [0.15, 0.2) is 35.7 Å². The van der Waals surface area contributed by atoms with Gasteiger partial charge >= 0.3 is 0 Å². The second kappa shape index (κ2) is 10.4. The lowest BCUT2D eigenvalue weighted by Crippen LogP contribution is -2.46. The first-order valence-electron chi connectivity index (χ1n) is 10.8. The van der Waals surface area contributed by atoms with Crippen LogP contribution in [0.3, 0.4) is 0 Å². The van der Waals surface area contributed by atoms with Gasteiger partial charge in [0.05, 0.1) is 13.2 Å². The molecule has 0 aliphatic carbocycles. The van der Waals surface area contributed by atoms with E-state index in [0.717, 1.165) is 57.0 Å². The summed E-state index contributed by atoms with van der Waals surface area (Å²) in [5.41, 5.74) is 2.37. The van der Waals surface area contributed by atoms with E-state index in [4.69, 9.17) is 9.84 Å². The summed E-state index contributed by atoms with van der Waals surface area (Å²) in [5.74, 6) is 1.10. The maximum Gasteiger partial charge on any atom is 0.223 e. The van der Waals surface area contributed by atoms with Crippen molar-refractivity contribution in [2.24, 2.45) is 0 Å². The van der Waals surface area contributed by atoms with Gasteiger partial charge in [-0.05, 0) is 35.6 Å². The fraction of sp³-hybridized carbons (Fsp3) is 0.522. The van der Waals surface area contributed by atoms with Gasteiger partial charge in [-0.2, -0.15) is 0 Å². The zero-order valence-electron chi connectivity index (χ0n) is 17.5. The zero-order valence-corrected chi connectivity index (χ0v) is 18.3. The van der Waals surface area contributed by atoms with Gasteiger partial charge in [0.2, 0.25) is 5.91 Å². The highest BCUT2D eigenvalue weighted by Gasteiger charge is 2.21. The van der Waals surface area contributed by atoms with E-state index in [1.54, 1.807) is 11.3 Å². The fourth-order valence-electron chi connectivity index (χ4n) is 4.17. The summed E-state index contributed by atoms with van der Waals surface area (Å²) in [7, 11) is 0. The van der Waals surface area contributed by atoms with E-state index >= 15 is 0 Å². The maximum atomic E-state index is 12.8. The first-order chi connectivity index (χ1) is 14.7. The van der Waals surface area contributed by atoms with E-state index in [1.165, 1.54) is 10.4 Å². The molecular weight excluding hydrogens is 398 g/mol. The Morgan fingerprint density at radius 2 is 1.93 bits per heavy atom. The summed E-state index contributed by atoms with van der Waals surface area (Å²) in [6.07, 6.45) is 1.36. The molecule has 0 saturated carbocycles. The van der Waals surface area contributed by atoms with Gasteiger partial charge in [0.15, 0.2) is 0 Å². The van der Waals surface area contributed by atoms with Crippen molar-refractivity contribution in [1.82, 2.24) is 14.7 Å². The Kier molecular flexibility index (Phi) is 7.38. The molecule has 0 spiro atoms. The van der Waals surface area contributed by atoms with Crippen LogP contribution in [0.5, 0.6) is 5.75 Å². The van der Waals surface area contributed by atoms with Gasteiger partial charge in [-0.1, -0.05) is 12.1 Å². The number of aliphatic hydroxyl groups excluding tert-OH is 1. The number of aliphatic hydroxyl groups is 1. The van der Waals surface area contributed by atoms with Gasteiger partial charge in [-0.3, -0.25) is 14.6 Å². The molecule has 1 saturated heterocycles. The van der Waals surface area contributed by atoms with Crippen molar-refractivity contribution in [2.45, 2.75) is 25.9 Å². The van der Waals surface area contributed by atoms with Crippen LogP contribution < -0.4 is 4.74 Å². The van der Waals surface area contributed by atoms with Crippen molar-refractivity contribution < 1.29 is 14.6 Å². The number of hydrogen-bond donors (Lipinski definition) is 1. The van der Waals surface area contributed by atoms with Crippen LogP contribution >= 0.6 is 11.3 Å². The number of aryl methyl sites for hydroxylation is 1. The van der Waals surface area contributed by atoms with Gasteiger partial charge < -0.3 is 14.7 Å². The third-order valence-electron chi connectivity index (χ3n) is 5.91. The van der Waals surface area contributed by atoms with Gasteiger partial charge in [-0.15, -0.1) is 11.3 Å². The minimum atomic E-state index is 0.199. The third kappa shape index (κ3) is 5.60. The lowest BCUT2D eigenvalue weighted by Gasteiger charge is -2.34. The lowest BCUT2D eigenvalue weighted by atomic mass is 10.1. The number of β-amino-alcohol motifs (C(OH)–C–C–N with tert-alkyl or cyclic N) is 1. The van der Waals surface area contributed by atoms with Crippen LogP contribution in [-0.2, 0) is 24.3 Å². The second-order valence-electron chi connectivity index (χ2n) is 8.03. The van der Waals surface area contributed by atoms with E-state index in [1.807, 2.05) is 11.0 Å². The topological polar surface area (TPSA) is 56.2 Å². The molecule has 1 amide bonds. The molecule has 162 valence electrons. The normalized spacial score (nSPS) is 18.0. The van der Waals surface area contributed by atoms with E-state index in [9.17, 15) is 4.79 Å². The SMILES string of the molecule is O=C(CCc1cccs1)N1CCOc2ccc(CN3CCN(CCO)CC3)cc2C1. The number of rotatable bonds is 7. The molecule has 0 radical (unpaired) electrons. The number of hydrogen-bond acceptors (Lipinski definition) is 6. The molecule has 2 aliphatic rings. The number of fused-ring (bicyclic) bond motifs is 1. The molecular formula is C23H31N3O3S. The van der Waals surface area contributed by atoms with E-state index in [-0.39, 0.29) is 12.5 Å². The average Bonchev–Trinajstić information content (AvgIpc) is 3.19. The van der Waals surface area contributed by atoms with Crippen LogP contribution in [0.1, 0.15) is 22.4 Å². The summed E-state index contributed by atoms with van der Waals surface area (Å²) in [6.45, 7) is 7.74. The molecule has 30 heavy (non-hydrogen) atoms. The molecule has 1 aromatic heterocycles. The summed E-state index contributed by atoms with van der Waals surface area (Å²) >= 11 is 1.71. The standard InChI is InChI=1S/C23H31N3O3S/c27-13-11-24-7-9-25(10-8-24)17-19-3-5-22-20(16-19)18-26(12-14-29-22)23(28)6-4-21-2-1-15-30-21/h1-3,5,15-16,27H,4,6-14,17-18H2. The Bertz CT molecular complexity index is 819. The van der Waals surface area contributed by atoms with Crippen LogP contribution in [0.25, 0.3) is 0 Å². The maximum absolute atomic E-state index is 12.8. The Morgan fingerprint density at radius 3 is 2.70 bits per heavy atom. The van der Waals surface area contributed by atoms with E-state index < -0.39 is 0 Å². The van der Waals surface area contributed by atoms with Crippen molar-refractivity contribution in [3.8, 4) is 5.75 Å². The van der Waals surface area contributed by atoms with Crippen LogP contribution in [-0.4, -0.2) is 78.2 Å². The summed E-state index contributed by atoms with van der Waals surface area (Å²) in [5, 5.41) is 11.2. The van der Waals surface area contributed by atoms with Gasteiger partial charge in [-0.25, -0.2) is 0 Å². The first kappa shape index (κ1) is 21.3. The van der Waals surface area contributed by atoms with Crippen molar-refractivity contribution in [1.29, 1.82) is 0 Å². The molecule has 3 heterocycles. The monoisotopic (exact) mass is 429 g/mol. The number of thiophene rings is 1. The molecule has 6 nitrogen and oxygen atoms in total. The Balaban J connectivity index is 1.35. The molecule has 0 bridgehead atoms. The highest BCUT2D eigenvalue weighted by atomic mass is 32.1. The first-order valence-corrected chi connectivity index (χ1v) is 11.7. The largest absolute Gasteiger partial charge is 0.491 e. The van der Waals surface area contributed by atoms with Crippen molar-refractivity contribution in [3.63, 3.8) is 0 Å². The quantitative estimate of drug-likeness (QED) is 0.731. The van der Waals surface area contributed by atoms with Crippen LogP contribution in [0.2, 0.25) is 0 Å². The van der Waals surface area contributed by atoms with E-state index in [2.05, 4.69) is 39.4 Å². The number of amides is 1. The number of piperazine rings is 1. The van der Waals surface area contributed by atoms with Gasteiger partial charge in [0, 0.05) is 62.7 Å². The van der Waals surface area contributed by atoms with Crippen molar-refractivity contribution in [2.75, 3.05) is 52.5 Å². The number of benzene rings is 1. The summed E-state index contributed by atoms with van der Waals surface area (Å²) in [6, 6.07) is 10.5. The van der Waals surface area contributed by atoms with Crippen molar-refractivity contribution >= 4 is 17.2 Å². The third-order valence-corrected chi connectivity index (χ3v) is 6.85. The molecule has 1 fully saturated rings. The number of carbonyl (C=O) groups is 1. The highest BCUT2D eigenvalue weighted by Crippen LogP contribution is 2.26. The highest BCUT2D eigenvalue weighted by molar-refractivity contribution is 7.09. The van der Waals surface area contributed by atoms with Crippen molar-refractivity contribution in [3.05, 3.63) is 51.7 Å². The number of carbonyl (C=O) groups excluding carboxylic acids is 1. The Hall–Kier alpha value is -1.93. The van der Waals surface area contributed by atoms with Gasteiger partial charge in [0.25, 0.3) is 0 Å². The Morgan fingerprint density at radius 1 is 1.10 bits per heavy atom. The van der Waals surface area contributed by atoms with Crippen LogP contribution in [0, 0.1) is 0 Å². The van der Waals surface area contributed by atoms with E-state index in [0.29, 0.717) is 26.1 Å². The molecule has 1 N–H and O–H groups in total. The molecule has 7 heteroatoms. The summed E-state index contributed by atoms with van der Waals surface area (Å²) < 4.78 is 5.93. The molecule has 2 aromatic rings. The number of ether oxygens (including phenoxy) is 1. The molecule has 0 unspecified atom stereocenters. The lowest BCUT2D eigenvalue weighted by molar-refractivity contribution is -0.131. The Labute approximate surface area is 182 Å². The molecule has 2 aliphatic heterocycles. The smallest absolute Gasteiger partial charge is 0.223 e. The average molecular weight is 430 g/mol.